The third-order valence-corrected chi connectivity index (χ3v) is 6.40. The van der Waals surface area contributed by atoms with Crippen molar-refractivity contribution < 1.29 is 13.2 Å². The third-order valence-electron chi connectivity index (χ3n) is 5.09. The Morgan fingerprint density at radius 1 is 1.04 bits per heavy atom. The van der Waals surface area contributed by atoms with Crippen molar-refractivity contribution in [3.05, 3.63) is 48.5 Å². The van der Waals surface area contributed by atoms with Crippen LogP contribution in [-0.2, 0) is 14.8 Å². The van der Waals surface area contributed by atoms with E-state index in [4.69, 9.17) is 0 Å². The first-order valence-corrected chi connectivity index (χ1v) is 10.6. The maximum Gasteiger partial charge on any atom is 0.286 e. The highest BCUT2D eigenvalue weighted by atomic mass is 32.2. The zero-order valence-electron chi connectivity index (χ0n) is 14.6. The highest BCUT2D eigenvalue weighted by molar-refractivity contribution is 7.90. The van der Waals surface area contributed by atoms with Crippen LogP contribution in [0.3, 0.4) is 0 Å². The quantitative estimate of drug-likeness (QED) is 0.876. The predicted molar refractivity (Wildman–Crippen MR) is 104 cm³/mol. The molecule has 5 rings (SSSR count). The van der Waals surface area contributed by atoms with Crippen LogP contribution in [0, 0.1) is 11.8 Å². The van der Waals surface area contributed by atoms with Crippen molar-refractivity contribution in [2.24, 2.45) is 16.2 Å². The number of hydrogen-bond donors (Lipinski definition) is 1. The number of nitrogens with zero attached hydrogens (tertiary/aromatic N) is 2. The van der Waals surface area contributed by atoms with Crippen molar-refractivity contribution in [1.82, 2.24) is 0 Å². The van der Waals surface area contributed by atoms with E-state index in [2.05, 4.69) is 9.71 Å². The Morgan fingerprint density at radius 2 is 1.78 bits per heavy atom. The second-order valence-corrected chi connectivity index (χ2v) is 8.89. The molecule has 1 amide bonds. The van der Waals surface area contributed by atoms with Gasteiger partial charge in [-0.1, -0.05) is 18.2 Å². The summed E-state index contributed by atoms with van der Waals surface area (Å²) in [6.45, 7) is 0. The lowest BCUT2D eigenvalue weighted by Gasteiger charge is -2.31. The molecule has 1 aliphatic heterocycles. The molecule has 2 fully saturated rings. The minimum absolute atomic E-state index is 0.0507. The van der Waals surface area contributed by atoms with Gasteiger partial charge in [0.2, 0.25) is 5.91 Å². The highest BCUT2D eigenvalue weighted by Crippen LogP contribution is 2.44. The van der Waals surface area contributed by atoms with E-state index in [-0.39, 0.29) is 22.6 Å². The molecule has 1 heterocycles. The number of carbonyl (C=O) groups excluding carboxylic acids is 1. The van der Waals surface area contributed by atoms with Crippen LogP contribution in [0.25, 0.3) is 0 Å². The molecule has 0 atom stereocenters. The summed E-state index contributed by atoms with van der Waals surface area (Å²) in [4.78, 5) is 14.1. The molecular formula is C20H19N3O3S. The summed E-state index contributed by atoms with van der Waals surface area (Å²) < 4.78 is 29.8. The molecule has 2 aromatic carbocycles. The first kappa shape index (κ1) is 16.5. The number of nitrogens with one attached hydrogen (secondary N) is 1. The molecule has 0 radical (unpaired) electrons. The van der Waals surface area contributed by atoms with Gasteiger partial charge >= 0.3 is 0 Å². The number of anilines is 3. The summed E-state index contributed by atoms with van der Waals surface area (Å²) in [6.07, 6.45) is 3.68. The Balaban J connectivity index is 1.61. The Morgan fingerprint density at radius 3 is 2.44 bits per heavy atom. The zero-order valence-corrected chi connectivity index (χ0v) is 15.4. The van der Waals surface area contributed by atoms with Crippen LogP contribution in [0.2, 0.25) is 0 Å². The summed E-state index contributed by atoms with van der Waals surface area (Å²) in [5.41, 5.74) is 1.96. The monoisotopic (exact) mass is 381 g/mol. The van der Waals surface area contributed by atoms with Crippen LogP contribution in [0.1, 0.15) is 25.7 Å². The first-order chi connectivity index (χ1) is 13.0. The number of para-hydroxylation sites is 1. The lowest BCUT2D eigenvalue weighted by Crippen LogP contribution is -2.33. The standard InChI is InChI=1S/C20H19N3O3S/c24-20(14-8-9-14)21-15-10-11-17-18(12-15)27(25,26)22-19(13-6-7-13)23(17)16-4-2-1-3-5-16/h1-5,10-14H,6-9H2,(H,21,24). The molecule has 0 unspecified atom stereocenters. The fraction of sp³-hybridized carbons (Fsp3) is 0.300. The van der Waals surface area contributed by atoms with Gasteiger partial charge in [0.1, 0.15) is 10.7 Å². The fourth-order valence-electron chi connectivity index (χ4n) is 3.36. The lowest BCUT2D eigenvalue weighted by atomic mass is 10.2. The molecule has 0 bridgehead atoms. The van der Waals surface area contributed by atoms with E-state index in [0.717, 1.165) is 31.4 Å². The van der Waals surface area contributed by atoms with E-state index in [1.54, 1.807) is 12.1 Å². The molecule has 7 heteroatoms. The molecule has 0 aromatic heterocycles. The summed E-state index contributed by atoms with van der Waals surface area (Å²) >= 11 is 0. The molecule has 0 saturated heterocycles. The van der Waals surface area contributed by atoms with Gasteiger partial charge in [-0.2, -0.15) is 8.42 Å². The summed E-state index contributed by atoms with van der Waals surface area (Å²) in [5.74, 6) is 0.758. The van der Waals surface area contributed by atoms with E-state index >= 15 is 0 Å². The second kappa shape index (κ2) is 5.92. The van der Waals surface area contributed by atoms with Gasteiger partial charge in [0.05, 0.1) is 5.69 Å². The number of sulfonamides is 1. The molecular weight excluding hydrogens is 362 g/mol. The average Bonchev–Trinajstić information content (AvgIpc) is 3.55. The number of hydrogen-bond acceptors (Lipinski definition) is 4. The molecule has 3 aliphatic rings. The van der Waals surface area contributed by atoms with Crippen LogP contribution in [0.4, 0.5) is 17.1 Å². The van der Waals surface area contributed by atoms with Gasteiger partial charge in [-0.3, -0.25) is 9.69 Å². The minimum Gasteiger partial charge on any atom is -0.326 e. The Hall–Kier alpha value is -2.67. The van der Waals surface area contributed by atoms with Gasteiger partial charge in [-0.25, -0.2) is 0 Å². The smallest absolute Gasteiger partial charge is 0.286 e. The lowest BCUT2D eigenvalue weighted by molar-refractivity contribution is -0.117. The summed E-state index contributed by atoms with van der Waals surface area (Å²) in [5, 5.41) is 2.82. The minimum atomic E-state index is -3.81. The molecule has 0 spiro atoms. The number of fused-ring (bicyclic) bond motifs is 1. The summed E-state index contributed by atoms with van der Waals surface area (Å²) in [7, 11) is -3.81. The largest absolute Gasteiger partial charge is 0.326 e. The Bertz CT molecular complexity index is 1060. The maximum absolute atomic E-state index is 12.8. The van der Waals surface area contributed by atoms with Crippen molar-refractivity contribution in [1.29, 1.82) is 0 Å². The van der Waals surface area contributed by atoms with Gasteiger partial charge in [-0.15, -0.1) is 4.40 Å². The van der Waals surface area contributed by atoms with Gasteiger partial charge < -0.3 is 5.32 Å². The van der Waals surface area contributed by atoms with Crippen LogP contribution < -0.4 is 10.2 Å². The van der Waals surface area contributed by atoms with Gasteiger partial charge in [-0.05, 0) is 56.0 Å². The Kier molecular flexibility index (Phi) is 3.62. The molecule has 6 nitrogen and oxygen atoms in total. The van der Waals surface area contributed by atoms with Crippen molar-refractivity contribution >= 4 is 38.8 Å². The van der Waals surface area contributed by atoms with Crippen LogP contribution in [0.15, 0.2) is 57.8 Å². The number of amides is 1. The highest BCUT2D eigenvalue weighted by Gasteiger charge is 2.40. The van der Waals surface area contributed by atoms with Crippen molar-refractivity contribution in [3.8, 4) is 0 Å². The molecule has 1 N–H and O–H groups in total. The van der Waals surface area contributed by atoms with Crippen molar-refractivity contribution in [2.75, 3.05) is 10.2 Å². The normalized spacial score (nSPS) is 20.6. The average molecular weight is 381 g/mol. The summed E-state index contributed by atoms with van der Waals surface area (Å²) in [6, 6.07) is 14.7. The van der Waals surface area contributed by atoms with E-state index in [9.17, 15) is 13.2 Å². The number of benzene rings is 2. The van der Waals surface area contributed by atoms with E-state index in [1.165, 1.54) is 6.07 Å². The van der Waals surface area contributed by atoms with Crippen LogP contribution in [-0.4, -0.2) is 20.2 Å². The fourth-order valence-corrected chi connectivity index (χ4v) is 4.63. The molecule has 2 saturated carbocycles. The zero-order chi connectivity index (χ0) is 18.6. The number of amidine groups is 1. The second-order valence-electron chi connectivity index (χ2n) is 7.32. The predicted octanol–water partition coefficient (Wildman–Crippen LogP) is 3.68. The van der Waals surface area contributed by atoms with E-state index in [0.29, 0.717) is 17.2 Å². The number of carbonyl (C=O) groups is 1. The van der Waals surface area contributed by atoms with E-state index in [1.807, 2.05) is 35.2 Å². The van der Waals surface area contributed by atoms with Crippen molar-refractivity contribution in [3.63, 3.8) is 0 Å². The Labute approximate surface area is 158 Å². The first-order valence-electron chi connectivity index (χ1n) is 9.18. The van der Waals surface area contributed by atoms with Crippen LogP contribution >= 0.6 is 0 Å². The topological polar surface area (TPSA) is 78.8 Å². The van der Waals surface area contributed by atoms with E-state index < -0.39 is 10.0 Å². The third kappa shape index (κ3) is 3.02. The SMILES string of the molecule is O=C(Nc1ccc2c(c1)S(=O)(=O)N=C(C1CC1)N2c1ccccc1)C1CC1. The van der Waals surface area contributed by atoms with Gasteiger partial charge in [0, 0.05) is 23.2 Å². The van der Waals surface area contributed by atoms with Gasteiger partial charge in [0.15, 0.2) is 0 Å². The molecule has 2 aromatic rings. The molecule has 27 heavy (non-hydrogen) atoms. The molecule has 138 valence electrons. The van der Waals surface area contributed by atoms with Crippen LogP contribution in [0.5, 0.6) is 0 Å². The van der Waals surface area contributed by atoms with Crippen molar-refractivity contribution in [2.45, 2.75) is 30.6 Å². The molecule has 2 aliphatic carbocycles. The van der Waals surface area contributed by atoms with Gasteiger partial charge in [0.25, 0.3) is 10.0 Å². The number of rotatable bonds is 4. The maximum atomic E-state index is 12.8.